The van der Waals surface area contributed by atoms with Crippen molar-refractivity contribution in [1.82, 2.24) is 9.80 Å². The molecule has 3 rings (SSSR count). The maximum Gasteiger partial charge on any atom is 0.0702 e. The lowest BCUT2D eigenvalue weighted by Crippen LogP contribution is -2.44. The van der Waals surface area contributed by atoms with Crippen molar-refractivity contribution >= 4 is 0 Å². The Balaban J connectivity index is 1.47. The number of nitrogens with zero attached hydrogens (tertiary/aromatic N) is 2. The molecule has 3 nitrogen and oxygen atoms in total. The second-order valence-electron chi connectivity index (χ2n) is 6.29. The standard InChI is InChI=1S/C15H28N2O/c1-2-8-16(9-3-1)12-14-6-4-10-17(14)13-15-7-5-11-18-15/h14-15H,1-13H2/t14-,15+/m0/s1. The number of piperidine rings is 1. The van der Waals surface area contributed by atoms with Gasteiger partial charge in [-0.15, -0.1) is 0 Å². The minimum absolute atomic E-state index is 0.534. The second kappa shape index (κ2) is 6.36. The third-order valence-electron chi connectivity index (χ3n) is 4.88. The summed E-state index contributed by atoms with van der Waals surface area (Å²) >= 11 is 0. The van der Waals surface area contributed by atoms with E-state index in [1.165, 1.54) is 77.7 Å². The Kier molecular flexibility index (Phi) is 4.55. The fourth-order valence-electron chi connectivity index (χ4n) is 3.83. The molecule has 0 amide bonds. The Hall–Kier alpha value is -0.120. The van der Waals surface area contributed by atoms with Crippen molar-refractivity contribution in [3.63, 3.8) is 0 Å². The average molecular weight is 252 g/mol. The lowest BCUT2D eigenvalue weighted by atomic mass is 10.1. The maximum absolute atomic E-state index is 5.80. The molecule has 0 aromatic carbocycles. The van der Waals surface area contributed by atoms with Gasteiger partial charge in [-0.2, -0.15) is 0 Å². The van der Waals surface area contributed by atoms with Gasteiger partial charge in [0, 0.05) is 25.7 Å². The van der Waals surface area contributed by atoms with Crippen LogP contribution < -0.4 is 0 Å². The van der Waals surface area contributed by atoms with E-state index in [0.717, 1.165) is 12.6 Å². The quantitative estimate of drug-likeness (QED) is 0.762. The Labute approximate surface area is 111 Å². The first-order chi connectivity index (χ1) is 8.92. The van der Waals surface area contributed by atoms with E-state index in [4.69, 9.17) is 4.74 Å². The Morgan fingerprint density at radius 1 is 0.833 bits per heavy atom. The van der Waals surface area contributed by atoms with E-state index in [2.05, 4.69) is 9.80 Å². The van der Waals surface area contributed by atoms with Crippen LogP contribution in [0.3, 0.4) is 0 Å². The molecule has 18 heavy (non-hydrogen) atoms. The van der Waals surface area contributed by atoms with E-state index in [1.807, 2.05) is 0 Å². The highest BCUT2D eigenvalue weighted by atomic mass is 16.5. The largest absolute Gasteiger partial charge is 0.377 e. The number of rotatable bonds is 4. The number of hydrogen-bond acceptors (Lipinski definition) is 3. The summed E-state index contributed by atoms with van der Waals surface area (Å²) in [6, 6.07) is 0.812. The highest BCUT2D eigenvalue weighted by Crippen LogP contribution is 2.23. The van der Waals surface area contributed by atoms with Gasteiger partial charge in [0.05, 0.1) is 6.10 Å². The van der Waals surface area contributed by atoms with Gasteiger partial charge in [-0.3, -0.25) is 4.90 Å². The van der Waals surface area contributed by atoms with Gasteiger partial charge in [0.1, 0.15) is 0 Å². The van der Waals surface area contributed by atoms with E-state index in [1.54, 1.807) is 0 Å². The van der Waals surface area contributed by atoms with E-state index in [9.17, 15) is 0 Å². The zero-order valence-electron chi connectivity index (χ0n) is 11.6. The predicted molar refractivity (Wildman–Crippen MR) is 73.9 cm³/mol. The van der Waals surface area contributed by atoms with Crippen molar-refractivity contribution in [3.05, 3.63) is 0 Å². The van der Waals surface area contributed by atoms with Gasteiger partial charge in [-0.05, 0) is 58.2 Å². The molecule has 0 aromatic heterocycles. The molecule has 3 heterocycles. The Morgan fingerprint density at radius 3 is 2.50 bits per heavy atom. The van der Waals surface area contributed by atoms with Crippen LogP contribution in [0.5, 0.6) is 0 Å². The van der Waals surface area contributed by atoms with Crippen LogP contribution in [-0.2, 0) is 4.74 Å². The van der Waals surface area contributed by atoms with Gasteiger partial charge in [-0.1, -0.05) is 6.42 Å². The molecule has 3 fully saturated rings. The maximum atomic E-state index is 5.80. The van der Waals surface area contributed by atoms with Crippen LogP contribution in [0.4, 0.5) is 0 Å². The average Bonchev–Trinajstić information content (AvgIpc) is 3.04. The molecule has 3 heteroatoms. The molecule has 3 aliphatic heterocycles. The summed E-state index contributed by atoms with van der Waals surface area (Å²) in [5, 5.41) is 0. The molecule has 0 saturated carbocycles. The second-order valence-corrected chi connectivity index (χ2v) is 6.29. The van der Waals surface area contributed by atoms with Crippen molar-refractivity contribution in [2.24, 2.45) is 0 Å². The fourth-order valence-corrected chi connectivity index (χ4v) is 3.83. The smallest absolute Gasteiger partial charge is 0.0702 e. The van der Waals surface area contributed by atoms with Crippen LogP contribution in [0, 0.1) is 0 Å². The van der Waals surface area contributed by atoms with Crippen LogP contribution in [-0.4, -0.2) is 61.3 Å². The molecule has 2 atom stereocenters. The summed E-state index contributed by atoms with van der Waals surface area (Å²) in [5.74, 6) is 0. The summed E-state index contributed by atoms with van der Waals surface area (Å²) < 4.78 is 5.80. The van der Waals surface area contributed by atoms with Crippen LogP contribution in [0.1, 0.15) is 44.9 Å². The van der Waals surface area contributed by atoms with Crippen molar-refractivity contribution in [2.45, 2.75) is 57.1 Å². The lowest BCUT2D eigenvalue weighted by Gasteiger charge is -2.33. The molecule has 0 bridgehead atoms. The van der Waals surface area contributed by atoms with Gasteiger partial charge in [-0.25, -0.2) is 0 Å². The van der Waals surface area contributed by atoms with E-state index in [-0.39, 0.29) is 0 Å². The fraction of sp³-hybridized carbons (Fsp3) is 1.00. The van der Waals surface area contributed by atoms with Gasteiger partial charge >= 0.3 is 0 Å². The lowest BCUT2D eigenvalue weighted by molar-refractivity contribution is 0.0601. The van der Waals surface area contributed by atoms with Gasteiger partial charge in [0.15, 0.2) is 0 Å². The first-order valence-electron chi connectivity index (χ1n) is 8.00. The highest BCUT2D eigenvalue weighted by molar-refractivity contribution is 4.85. The van der Waals surface area contributed by atoms with Crippen LogP contribution in [0.15, 0.2) is 0 Å². The predicted octanol–water partition coefficient (Wildman–Crippen LogP) is 2.12. The van der Waals surface area contributed by atoms with Gasteiger partial charge in [0.2, 0.25) is 0 Å². The molecule has 3 saturated heterocycles. The minimum Gasteiger partial charge on any atom is -0.377 e. The topological polar surface area (TPSA) is 15.7 Å². The normalized spacial score (nSPS) is 35.3. The number of likely N-dealkylation sites (tertiary alicyclic amines) is 2. The molecule has 0 aliphatic carbocycles. The van der Waals surface area contributed by atoms with Crippen LogP contribution in [0.2, 0.25) is 0 Å². The zero-order valence-corrected chi connectivity index (χ0v) is 11.6. The molecule has 0 unspecified atom stereocenters. The monoisotopic (exact) mass is 252 g/mol. The minimum atomic E-state index is 0.534. The zero-order chi connectivity index (χ0) is 12.2. The summed E-state index contributed by atoms with van der Waals surface area (Å²) in [7, 11) is 0. The summed E-state index contributed by atoms with van der Waals surface area (Å²) in [4.78, 5) is 5.41. The van der Waals surface area contributed by atoms with Crippen molar-refractivity contribution in [3.8, 4) is 0 Å². The van der Waals surface area contributed by atoms with Gasteiger partial charge in [0.25, 0.3) is 0 Å². The van der Waals surface area contributed by atoms with Crippen molar-refractivity contribution in [1.29, 1.82) is 0 Å². The van der Waals surface area contributed by atoms with Crippen molar-refractivity contribution < 1.29 is 4.74 Å². The van der Waals surface area contributed by atoms with Gasteiger partial charge < -0.3 is 9.64 Å². The molecule has 104 valence electrons. The van der Waals surface area contributed by atoms with Crippen LogP contribution >= 0.6 is 0 Å². The first-order valence-corrected chi connectivity index (χ1v) is 8.00. The molecule has 0 N–H and O–H groups in total. The molecule has 0 spiro atoms. The molecule has 3 aliphatic rings. The van der Waals surface area contributed by atoms with Crippen molar-refractivity contribution in [2.75, 3.05) is 39.3 Å². The molecular formula is C15H28N2O. The van der Waals surface area contributed by atoms with E-state index < -0.39 is 0 Å². The summed E-state index contributed by atoms with van der Waals surface area (Å²) in [6.07, 6.45) is 10.2. The first kappa shape index (κ1) is 12.9. The number of ether oxygens (including phenoxy) is 1. The number of hydrogen-bond donors (Lipinski definition) is 0. The Morgan fingerprint density at radius 2 is 1.72 bits per heavy atom. The highest BCUT2D eigenvalue weighted by Gasteiger charge is 2.29. The summed E-state index contributed by atoms with van der Waals surface area (Å²) in [6.45, 7) is 7.48. The summed E-state index contributed by atoms with van der Waals surface area (Å²) in [5.41, 5.74) is 0. The van der Waals surface area contributed by atoms with Crippen LogP contribution in [0.25, 0.3) is 0 Å². The van der Waals surface area contributed by atoms with E-state index in [0.29, 0.717) is 6.10 Å². The molecule has 0 radical (unpaired) electrons. The molecular weight excluding hydrogens is 224 g/mol. The SMILES string of the molecule is C1CCN(C[C@@H]2CCCN2C[C@H]2CCCO2)CC1. The molecule has 0 aromatic rings. The third-order valence-corrected chi connectivity index (χ3v) is 4.88. The third kappa shape index (κ3) is 3.25. The van der Waals surface area contributed by atoms with E-state index >= 15 is 0 Å². The Bertz CT molecular complexity index is 247.